The lowest BCUT2D eigenvalue weighted by Gasteiger charge is -1.72. The third-order valence-electron chi connectivity index (χ3n) is 0.722. The van der Waals surface area contributed by atoms with Crippen molar-refractivity contribution in [2.24, 2.45) is 0 Å². The Bertz CT molecular complexity index is 192. The largest absolute Gasteiger partial charge is 0.437 e. The predicted octanol–water partition coefficient (Wildman–Crippen LogP) is 0.441. The van der Waals surface area contributed by atoms with Crippen LogP contribution in [0.3, 0.4) is 0 Å². The highest BCUT2D eigenvalue weighted by atomic mass is 16.4. The summed E-state index contributed by atoms with van der Waals surface area (Å²) in [5.41, 5.74) is 0. The second-order valence-electron chi connectivity index (χ2n) is 1.35. The number of nitrogens with zero attached hydrogens (tertiary/aromatic N) is 1. The highest BCUT2D eigenvalue weighted by Gasteiger charge is 1.94. The summed E-state index contributed by atoms with van der Waals surface area (Å²) in [5, 5.41) is 0. The van der Waals surface area contributed by atoms with E-state index in [1.807, 2.05) is 0 Å². The van der Waals surface area contributed by atoms with Gasteiger partial charge in [0.1, 0.15) is 0 Å². The lowest BCUT2D eigenvalue weighted by Crippen LogP contribution is -1.67. The Morgan fingerprint density at radius 1 is 1.88 bits per heavy atom. The van der Waals surface area contributed by atoms with Crippen molar-refractivity contribution in [3.63, 3.8) is 0 Å². The molecule has 0 atom stereocenters. The van der Waals surface area contributed by atoms with Crippen molar-refractivity contribution in [3.05, 3.63) is 17.8 Å². The summed E-state index contributed by atoms with van der Waals surface area (Å²) < 4.78 is 4.70. The molecule has 1 aromatic rings. The van der Waals surface area contributed by atoms with Gasteiger partial charge in [0.25, 0.3) is 6.29 Å². The molecule has 0 aliphatic carbocycles. The number of aromatic nitrogens is 1. The third-order valence-corrected chi connectivity index (χ3v) is 0.722. The molecule has 1 radical (unpaired) electrons. The lowest BCUT2D eigenvalue weighted by molar-refractivity contribution is 0.493. The summed E-state index contributed by atoms with van der Waals surface area (Å²) in [6.07, 6.45) is 2.90. The second kappa shape index (κ2) is 1.78. The van der Waals surface area contributed by atoms with Crippen LogP contribution in [0, 0.1) is 6.92 Å². The highest BCUT2D eigenvalue weighted by molar-refractivity contribution is 5.70. The summed E-state index contributed by atoms with van der Waals surface area (Å²) in [7, 11) is 0. The van der Waals surface area contributed by atoms with E-state index in [1.165, 1.54) is 6.20 Å². The molecule has 0 amide bonds. The van der Waals surface area contributed by atoms with E-state index in [-0.39, 0.29) is 5.76 Å². The lowest BCUT2D eigenvalue weighted by atomic mass is 10.6. The summed E-state index contributed by atoms with van der Waals surface area (Å²) in [6, 6.07) is 0. The van der Waals surface area contributed by atoms with E-state index in [0.717, 1.165) is 0 Å². The van der Waals surface area contributed by atoms with Crippen molar-refractivity contribution < 1.29 is 9.21 Å². The van der Waals surface area contributed by atoms with Gasteiger partial charge in [0.15, 0.2) is 11.7 Å². The van der Waals surface area contributed by atoms with E-state index in [9.17, 15) is 4.79 Å². The highest BCUT2D eigenvalue weighted by Crippen LogP contribution is 1.96. The second-order valence-corrected chi connectivity index (χ2v) is 1.35. The van der Waals surface area contributed by atoms with E-state index in [0.29, 0.717) is 5.89 Å². The van der Waals surface area contributed by atoms with Gasteiger partial charge < -0.3 is 4.42 Å². The molecule has 0 spiro atoms. The first kappa shape index (κ1) is 5.03. The molecule has 3 nitrogen and oxygen atoms in total. The number of hydrogen-bond donors (Lipinski definition) is 0. The Labute approximate surface area is 46.3 Å². The zero-order valence-corrected chi connectivity index (χ0v) is 4.34. The molecule has 0 fully saturated rings. The van der Waals surface area contributed by atoms with Gasteiger partial charge in [-0.25, -0.2) is 4.98 Å². The summed E-state index contributed by atoms with van der Waals surface area (Å²) in [6.45, 7) is 1.67. The Hall–Kier alpha value is -1.12. The molecule has 0 aromatic carbocycles. The summed E-state index contributed by atoms with van der Waals surface area (Å²) >= 11 is 0. The van der Waals surface area contributed by atoms with Gasteiger partial charge in [-0.05, 0) is 0 Å². The normalized spacial score (nSPS) is 9.12. The fourth-order valence-corrected chi connectivity index (χ4v) is 0.409. The van der Waals surface area contributed by atoms with Crippen LogP contribution in [0.2, 0.25) is 0 Å². The molecule has 8 heavy (non-hydrogen) atoms. The zero-order chi connectivity index (χ0) is 5.98. The van der Waals surface area contributed by atoms with Crippen molar-refractivity contribution in [3.8, 4) is 0 Å². The maximum absolute atomic E-state index is 9.76. The molecule has 0 unspecified atom stereocenters. The maximum Gasteiger partial charge on any atom is 0.273 e. The topological polar surface area (TPSA) is 43.1 Å². The smallest absolute Gasteiger partial charge is 0.273 e. The van der Waals surface area contributed by atoms with Crippen LogP contribution in [0.15, 0.2) is 10.6 Å². The molecule has 1 rings (SSSR count). The fourth-order valence-electron chi connectivity index (χ4n) is 0.409. The number of oxazole rings is 1. The quantitative estimate of drug-likeness (QED) is 0.526. The number of carbonyl (C=O) groups excluding carboxylic acids is 1. The Balaban J connectivity index is 3.00. The van der Waals surface area contributed by atoms with Crippen molar-refractivity contribution in [1.82, 2.24) is 4.98 Å². The molecule has 41 valence electrons. The molecule has 0 bridgehead atoms. The van der Waals surface area contributed by atoms with E-state index in [2.05, 4.69) is 4.98 Å². The number of hydrogen-bond acceptors (Lipinski definition) is 3. The molecular weight excluding hydrogens is 106 g/mol. The fraction of sp³-hybridized carbons (Fsp3) is 0.200. The first-order valence-electron chi connectivity index (χ1n) is 2.13. The first-order valence-corrected chi connectivity index (χ1v) is 2.13. The summed E-state index contributed by atoms with van der Waals surface area (Å²) in [5.74, 6) is 0.644. The molecule has 1 heterocycles. The van der Waals surface area contributed by atoms with Gasteiger partial charge in [-0.1, -0.05) is 0 Å². The van der Waals surface area contributed by atoms with Crippen molar-refractivity contribution in [1.29, 1.82) is 0 Å². The molecular formula is C5H4NO2. The minimum Gasteiger partial charge on any atom is -0.437 e. The Morgan fingerprint density at radius 3 is 2.88 bits per heavy atom. The third kappa shape index (κ3) is 0.753. The zero-order valence-electron chi connectivity index (χ0n) is 4.34. The van der Waals surface area contributed by atoms with Crippen molar-refractivity contribution >= 4 is 6.29 Å². The van der Waals surface area contributed by atoms with Gasteiger partial charge in [-0.3, -0.25) is 4.79 Å². The van der Waals surface area contributed by atoms with Gasteiger partial charge in [0.2, 0.25) is 0 Å². The van der Waals surface area contributed by atoms with E-state index >= 15 is 0 Å². The molecule has 0 saturated heterocycles. The van der Waals surface area contributed by atoms with Crippen LogP contribution in [0.4, 0.5) is 0 Å². The molecule has 3 heteroatoms. The Kier molecular flexibility index (Phi) is 1.12. The van der Waals surface area contributed by atoms with Gasteiger partial charge >= 0.3 is 0 Å². The van der Waals surface area contributed by atoms with Crippen LogP contribution in [0.1, 0.15) is 11.7 Å². The van der Waals surface area contributed by atoms with Gasteiger partial charge in [0.05, 0.1) is 6.20 Å². The van der Waals surface area contributed by atoms with Crippen molar-refractivity contribution in [2.75, 3.05) is 0 Å². The maximum atomic E-state index is 9.76. The number of rotatable bonds is 1. The monoisotopic (exact) mass is 110 g/mol. The minimum atomic E-state index is 0.155. The molecule has 0 aliphatic heterocycles. The predicted molar refractivity (Wildman–Crippen MR) is 26.0 cm³/mol. The molecule has 0 aliphatic rings. The van der Waals surface area contributed by atoms with Crippen LogP contribution in [0.25, 0.3) is 0 Å². The molecule has 0 saturated carbocycles. The summed E-state index contributed by atoms with van der Waals surface area (Å²) in [4.78, 5) is 13.4. The average molecular weight is 110 g/mol. The van der Waals surface area contributed by atoms with Crippen LogP contribution in [-0.4, -0.2) is 11.3 Å². The van der Waals surface area contributed by atoms with Crippen LogP contribution in [-0.2, 0) is 4.79 Å². The first-order chi connectivity index (χ1) is 3.83. The van der Waals surface area contributed by atoms with E-state index in [4.69, 9.17) is 4.42 Å². The van der Waals surface area contributed by atoms with E-state index < -0.39 is 0 Å². The SMILES string of the molecule is Cc1ncc([C]=O)o1. The van der Waals surface area contributed by atoms with Crippen LogP contribution >= 0.6 is 0 Å². The molecule has 0 N–H and O–H groups in total. The van der Waals surface area contributed by atoms with Crippen LogP contribution in [0.5, 0.6) is 0 Å². The standard InChI is InChI=1S/C5H4NO2/c1-4-6-2-5(3-7)8-4/h2H,1H3. The van der Waals surface area contributed by atoms with Crippen molar-refractivity contribution in [2.45, 2.75) is 6.92 Å². The number of aryl methyl sites for hydroxylation is 1. The van der Waals surface area contributed by atoms with Gasteiger partial charge in [-0.15, -0.1) is 0 Å². The molecule has 1 aromatic heterocycles. The Morgan fingerprint density at radius 2 is 2.62 bits per heavy atom. The van der Waals surface area contributed by atoms with Crippen LogP contribution < -0.4 is 0 Å². The minimum absolute atomic E-state index is 0.155. The van der Waals surface area contributed by atoms with Gasteiger partial charge in [-0.2, -0.15) is 0 Å². The van der Waals surface area contributed by atoms with E-state index in [1.54, 1.807) is 13.2 Å². The average Bonchev–Trinajstić information content (AvgIpc) is 2.14. The van der Waals surface area contributed by atoms with Gasteiger partial charge in [0, 0.05) is 6.92 Å².